The van der Waals surface area contributed by atoms with Crippen LogP contribution in [-0.4, -0.2) is 55.3 Å². The van der Waals surface area contributed by atoms with Gasteiger partial charge in [0, 0.05) is 49.0 Å². The summed E-state index contributed by atoms with van der Waals surface area (Å²) in [7, 11) is 0. The van der Waals surface area contributed by atoms with E-state index in [1.54, 1.807) is 0 Å². The Labute approximate surface area is 176 Å². The highest BCUT2D eigenvalue weighted by molar-refractivity contribution is 8.00. The number of hydrogen-bond acceptors (Lipinski definition) is 3. The minimum absolute atomic E-state index is 0.0828. The molecule has 2 aliphatic heterocycles. The van der Waals surface area contributed by atoms with Crippen LogP contribution in [0.2, 0.25) is 0 Å². The number of amides is 2. The molecule has 0 fully saturated rings. The second kappa shape index (κ2) is 7.94. The van der Waals surface area contributed by atoms with Crippen molar-refractivity contribution in [3.05, 3.63) is 47.0 Å². The molecule has 4 rings (SSSR count). The van der Waals surface area contributed by atoms with Crippen molar-refractivity contribution >= 4 is 23.6 Å². The predicted molar refractivity (Wildman–Crippen MR) is 116 cm³/mol. The number of hydrogen-bond donors (Lipinski definition) is 0. The smallest absolute Gasteiger partial charge is 0.233 e. The molecule has 0 bridgehead atoms. The summed E-state index contributed by atoms with van der Waals surface area (Å²) in [4.78, 5) is 29.5. The second-order valence-corrected chi connectivity index (χ2v) is 9.11. The monoisotopic (exact) mass is 414 g/mol. The Morgan fingerprint density at radius 1 is 0.793 bits per heavy atom. The van der Waals surface area contributed by atoms with Crippen molar-refractivity contribution < 1.29 is 9.59 Å². The van der Waals surface area contributed by atoms with Crippen molar-refractivity contribution in [1.82, 2.24) is 18.9 Å². The minimum Gasteiger partial charge on any atom is -0.345 e. The number of thioether (sulfide) groups is 1. The van der Waals surface area contributed by atoms with Gasteiger partial charge in [0.15, 0.2) is 0 Å². The average molecular weight is 415 g/mol. The average Bonchev–Trinajstić information content (AvgIpc) is 3.26. The van der Waals surface area contributed by atoms with E-state index in [2.05, 4.69) is 61.1 Å². The Balaban J connectivity index is 1.30. The lowest BCUT2D eigenvalue weighted by Crippen LogP contribution is -2.43. The molecule has 6 nitrogen and oxygen atoms in total. The van der Waals surface area contributed by atoms with Gasteiger partial charge in [-0.1, -0.05) is 0 Å². The summed E-state index contributed by atoms with van der Waals surface area (Å²) in [5.41, 5.74) is 4.89. The van der Waals surface area contributed by atoms with E-state index in [9.17, 15) is 9.59 Å². The lowest BCUT2D eigenvalue weighted by molar-refractivity contribution is -0.131. The molecule has 0 aliphatic carbocycles. The fourth-order valence-corrected chi connectivity index (χ4v) is 5.50. The third-order valence-corrected chi connectivity index (χ3v) is 7.38. The molecule has 0 spiro atoms. The highest BCUT2D eigenvalue weighted by Crippen LogP contribution is 2.29. The van der Waals surface area contributed by atoms with Crippen molar-refractivity contribution in [2.75, 3.05) is 24.6 Å². The SMILES string of the molecule is Cc1ccc2n1CCN(C(=O)CSCC(=O)N1CCn3c(C)ccc3C1C)C2C. The van der Waals surface area contributed by atoms with Crippen molar-refractivity contribution in [2.24, 2.45) is 0 Å². The minimum atomic E-state index is 0.0828. The summed E-state index contributed by atoms with van der Waals surface area (Å²) in [6, 6.07) is 8.63. The van der Waals surface area contributed by atoms with Crippen LogP contribution in [0.1, 0.15) is 48.7 Å². The molecule has 156 valence electrons. The summed E-state index contributed by atoms with van der Waals surface area (Å²) in [5, 5.41) is 0. The topological polar surface area (TPSA) is 50.5 Å². The van der Waals surface area contributed by atoms with Gasteiger partial charge in [-0.05, 0) is 52.0 Å². The normalized spacial score (nSPS) is 21.1. The van der Waals surface area contributed by atoms with Crippen molar-refractivity contribution in [3.8, 4) is 0 Å². The van der Waals surface area contributed by atoms with E-state index in [0.717, 1.165) is 26.2 Å². The Morgan fingerprint density at radius 2 is 1.21 bits per heavy atom. The molecule has 0 saturated heterocycles. The van der Waals surface area contributed by atoms with Gasteiger partial charge in [-0.3, -0.25) is 9.59 Å². The first-order valence-electron chi connectivity index (χ1n) is 10.4. The first-order valence-corrected chi connectivity index (χ1v) is 11.5. The number of carbonyl (C=O) groups excluding carboxylic acids is 2. The van der Waals surface area contributed by atoms with Gasteiger partial charge in [-0.25, -0.2) is 0 Å². The zero-order chi connectivity index (χ0) is 20.7. The van der Waals surface area contributed by atoms with Crippen molar-refractivity contribution in [2.45, 2.75) is 52.9 Å². The van der Waals surface area contributed by atoms with Crippen LogP contribution in [0.3, 0.4) is 0 Å². The van der Waals surface area contributed by atoms with E-state index in [4.69, 9.17) is 0 Å². The fourth-order valence-electron chi connectivity index (χ4n) is 4.71. The molecule has 7 heteroatoms. The van der Waals surface area contributed by atoms with E-state index >= 15 is 0 Å². The fraction of sp³-hybridized carbons (Fsp3) is 0.545. The van der Waals surface area contributed by atoms with Crippen LogP contribution in [0.4, 0.5) is 0 Å². The Morgan fingerprint density at radius 3 is 1.62 bits per heavy atom. The molecular weight excluding hydrogens is 384 g/mol. The zero-order valence-electron chi connectivity index (χ0n) is 17.7. The van der Waals surface area contributed by atoms with E-state index in [1.807, 2.05) is 9.80 Å². The predicted octanol–water partition coefficient (Wildman–Crippen LogP) is 3.15. The molecule has 4 heterocycles. The summed E-state index contributed by atoms with van der Waals surface area (Å²) in [5.74, 6) is 0.953. The summed E-state index contributed by atoms with van der Waals surface area (Å²) in [6.45, 7) is 11.5. The second-order valence-electron chi connectivity index (χ2n) is 8.12. The highest BCUT2D eigenvalue weighted by Gasteiger charge is 2.30. The molecule has 2 atom stereocenters. The molecule has 0 radical (unpaired) electrons. The first kappa shape index (κ1) is 20.1. The molecule has 0 N–H and O–H groups in total. The van der Waals surface area contributed by atoms with Gasteiger partial charge in [0.05, 0.1) is 23.6 Å². The number of rotatable bonds is 4. The molecule has 2 unspecified atom stereocenters. The Kier molecular flexibility index (Phi) is 5.51. The van der Waals surface area contributed by atoms with E-state index in [-0.39, 0.29) is 23.9 Å². The molecule has 2 aromatic heterocycles. The van der Waals surface area contributed by atoms with Crippen LogP contribution in [0, 0.1) is 13.8 Å². The molecular formula is C22H30N4O2S. The van der Waals surface area contributed by atoms with Gasteiger partial charge in [0.1, 0.15) is 0 Å². The largest absolute Gasteiger partial charge is 0.345 e. The van der Waals surface area contributed by atoms with Crippen LogP contribution in [0.15, 0.2) is 24.3 Å². The molecule has 2 aromatic rings. The van der Waals surface area contributed by atoms with Gasteiger partial charge in [-0.2, -0.15) is 0 Å². The number of fused-ring (bicyclic) bond motifs is 2. The van der Waals surface area contributed by atoms with E-state index < -0.39 is 0 Å². The zero-order valence-corrected chi connectivity index (χ0v) is 18.5. The summed E-state index contributed by atoms with van der Waals surface area (Å²) in [6.07, 6.45) is 0. The lowest BCUT2D eigenvalue weighted by atomic mass is 10.1. The summed E-state index contributed by atoms with van der Waals surface area (Å²) < 4.78 is 4.58. The molecule has 0 saturated carbocycles. The van der Waals surface area contributed by atoms with Crippen molar-refractivity contribution in [1.29, 1.82) is 0 Å². The van der Waals surface area contributed by atoms with E-state index in [0.29, 0.717) is 11.5 Å². The van der Waals surface area contributed by atoms with Crippen LogP contribution in [0.5, 0.6) is 0 Å². The van der Waals surface area contributed by atoms with Gasteiger partial charge >= 0.3 is 0 Å². The third-order valence-electron chi connectivity index (χ3n) is 6.48. The van der Waals surface area contributed by atoms with E-state index in [1.165, 1.54) is 34.5 Å². The highest BCUT2D eigenvalue weighted by atomic mass is 32.2. The van der Waals surface area contributed by atoms with Crippen LogP contribution in [0.25, 0.3) is 0 Å². The molecule has 2 amide bonds. The lowest BCUT2D eigenvalue weighted by Gasteiger charge is -2.36. The Hall–Kier alpha value is -2.15. The standard InChI is InChI=1S/C22H30N4O2S/c1-15-5-7-19-17(3)25(11-9-23(15)19)21(27)13-29-14-22(28)26-12-10-24-16(2)6-8-20(24)18(26)4/h5-8,17-18H,9-14H2,1-4H3. The number of carbonyl (C=O) groups is 2. The van der Waals surface area contributed by atoms with Crippen LogP contribution in [-0.2, 0) is 22.7 Å². The molecule has 2 aliphatic rings. The maximum atomic E-state index is 12.8. The number of aryl methyl sites for hydroxylation is 2. The molecule has 0 aromatic carbocycles. The quantitative estimate of drug-likeness (QED) is 0.772. The van der Waals surface area contributed by atoms with Crippen LogP contribution < -0.4 is 0 Å². The number of nitrogens with zero attached hydrogens (tertiary/aromatic N) is 4. The van der Waals surface area contributed by atoms with Crippen LogP contribution >= 0.6 is 11.8 Å². The van der Waals surface area contributed by atoms with Gasteiger partial charge in [0.2, 0.25) is 11.8 Å². The Bertz CT molecular complexity index is 857. The maximum Gasteiger partial charge on any atom is 0.233 e. The van der Waals surface area contributed by atoms with Gasteiger partial charge in [-0.15, -0.1) is 11.8 Å². The summed E-state index contributed by atoms with van der Waals surface area (Å²) >= 11 is 1.44. The van der Waals surface area contributed by atoms with Crippen molar-refractivity contribution in [3.63, 3.8) is 0 Å². The maximum absolute atomic E-state index is 12.8. The number of aromatic nitrogens is 2. The van der Waals surface area contributed by atoms with Gasteiger partial charge < -0.3 is 18.9 Å². The third kappa shape index (κ3) is 3.61. The van der Waals surface area contributed by atoms with Gasteiger partial charge in [0.25, 0.3) is 0 Å². The first-order chi connectivity index (χ1) is 13.9. The molecule has 29 heavy (non-hydrogen) atoms.